The van der Waals surface area contributed by atoms with E-state index in [4.69, 9.17) is 5.11 Å². The summed E-state index contributed by atoms with van der Waals surface area (Å²) in [6, 6.07) is 17.6. The molecule has 3 unspecified atom stereocenters. The molecule has 28 heavy (non-hydrogen) atoms. The summed E-state index contributed by atoms with van der Waals surface area (Å²) in [5, 5.41) is 21.6. The zero-order valence-electron chi connectivity index (χ0n) is 17.4. The van der Waals surface area contributed by atoms with Crippen LogP contribution in [0.2, 0.25) is 0 Å². The number of halogens is 1. The van der Waals surface area contributed by atoms with Crippen molar-refractivity contribution >= 4 is 18.4 Å². The number of hydrogen-bond donors (Lipinski definition) is 3. The monoisotopic (exact) mass is 407 g/mol. The summed E-state index contributed by atoms with van der Waals surface area (Å²) in [6.45, 7) is 8.01. The van der Waals surface area contributed by atoms with Crippen LogP contribution in [0, 0.1) is 5.92 Å². The fraction of sp³-hybridized carbons (Fsp3) is 0.435. The second-order valence-corrected chi connectivity index (χ2v) is 7.33. The van der Waals surface area contributed by atoms with Gasteiger partial charge in [-0.25, -0.2) is 0 Å². The van der Waals surface area contributed by atoms with Crippen molar-refractivity contribution in [1.82, 2.24) is 5.32 Å². The third-order valence-electron chi connectivity index (χ3n) is 4.56. The second kappa shape index (κ2) is 13.3. The molecule has 0 aliphatic heterocycles. The number of carboxylic acid groups (broad SMARTS) is 1. The lowest BCUT2D eigenvalue weighted by molar-refractivity contribution is -0.138. The number of aliphatic hydroxyl groups is 1. The molecular weight excluding hydrogens is 374 g/mol. The zero-order valence-corrected chi connectivity index (χ0v) is 18.2. The number of rotatable bonds is 7. The maximum Gasteiger partial charge on any atom is 0.310 e. The average molecular weight is 408 g/mol. The van der Waals surface area contributed by atoms with Crippen molar-refractivity contribution in [2.75, 3.05) is 7.05 Å². The van der Waals surface area contributed by atoms with Gasteiger partial charge in [0.2, 0.25) is 0 Å². The standard InChI is InChI=1S/C13H18O2.C10H15NO.ClH/c1-9(2)8-11-4-6-12(7-5-11)10(3)13(14)15;1-8(11-2)10(12)9-6-4-3-5-7-9;/h4-7,9-10H,8H2,1-3H3,(H,14,15);3-8,10-12H,1-2H3;1H. The lowest BCUT2D eigenvalue weighted by Crippen LogP contribution is -2.28. The number of benzene rings is 2. The van der Waals surface area contributed by atoms with Gasteiger partial charge in [0.05, 0.1) is 12.0 Å². The molecular formula is C23H34ClNO3. The summed E-state index contributed by atoms with van der Waals surface area (Å²) >= 11 is 0. The largest absolute Gasteiger partial charge is 0.481 e. The van der Waals surface area contributed by atoms with E-state index in [1.165, 1.54) is 5.56 Å². The van der Waals surface area contributed by atoms with Gasteiger partial charge in [-0.15, -0.1) is 12.4 Å². The Morgan fingerprint density at radius 2 is 1.46 bits per heavy atom. The first-order valence-electron chi connectivity index (χ1n) is 9.48. The summed E-state index contributed by atoms with van der Waals surface area (Å²) in [5.74, 6) is -0.558. The van der Waals surface area contributed by atoms with Gasteiger partial charge in [-0.2, -0.15) is 0 Å². The van der Waals surface area contributed by atoms with Crippen LogP contribution in [0.3, 0.4) is 0 Å². The number of hydrogen-bond acceptors (Lipinski definition) is 3. The molecule has 2 aromatic carbocycles. The minimum atomic E-state index is -0.772. The molecule has 3 atom stereocenters. The van der Waals surface area contributed by atoms with Gasteiger partial charge < -0.3 is 15.5 Å². The smallest absolute Gasteiger partial charge is 0.310 e. The fourth-order valence-corrected chi connectivity index (χ4v) is 2.65. The fourth-order valence-electron chi connectivity index (χ4n) is 2.65. The average Bonchev–Trinajstić information content (AvgIpc) is 2.67. The molecule has 0 spiro atoms. The molecule has 4 nitrogen and oxygen atoms in total. The predicted octanol–water partition coefficient (Wildman–Crippen LogP) is 4.82. The molecule has 2 aromatic rings. The Morgan fingerprint density at radius 3 is 1.89 bits per heavy atom. The molecule has 5 heteroatoms. The summed E-state index contributed by atoms with van der Waals surface area (Å²) < 4.78 is 0. The highest BCUT2D eigenvalue weighted by atomic mass is 35.5. The summed E-state index contributed by atoms with van der Waals surface area (Å²) in [7, 11) is 1.84. The van der Waals surface area contributed by atoms with E-state index in [1.807, 2.05) is 68.6 Å². The van der Waals surface area contributed by atoms with Crippen molar-refractivity contribution < 1.29 is 15.0 Å². The molecule has 0 aliphatic carbocycles. The van der Waals surface area contributed by atoms with Gasteiger partial charge >= 0.3 is 5.97 Å². The molecule has 0 saturated heterocycles. The minimum Gasteiger partial charge on any atom is -0.481 e. The molecule has 156 valence electrons. The highest BCUT2D eigenvalue weighted by Crippen LogP contribution is 2.17. The van der Waals surface area contributed by atoms with Gasteiger partial charge in [-0.05, 0) is 49.9 Å². The van der Waals surface area contributed by atoms with Crippen molar-refractivity contribution in [3.05, 3.63) is 71.3 Å². The van der Waals surface area contributed by atoms with Crippen LogP contribution >= 0.6 is 12.4 Å². The Labute approximate surface area is 175 Å². The van der Waals surface area contributed by atoms with Crippen molar-refractivity contribution in [3.63, 3.8) is 0 Å². The van der Waals surface area contributed by atoms with E-state index in [9.17, 15) is 9.90 Å². The quantitative estimate of drug-likeness (QED) is 0.615. The molecule has 0 bridgehead atoms. The Balaban J connectivity index is 0.000000514. The van der Waals surface area contributed by atoms with Gasteiger partial charge in [0, 0.05) is 6.04 Å². The summed E-state index contributed by atoms with van der Waals surface area (Å²) in [4.78, 5) is 10.8. The lowest BCUT2D eigenvalue weighted by Gasteiger charge is -2.17. The topological polar surface area (TPSA) is 69.6 Å². The molecule has 0 saturated carbocycles. The maximum atomic E-state index is 10.8. The van der Waals surface area contributed by atoms with Crippen LogP contribution in [-0.4, -0.2) is 29.3 Å². The Hall–Kier alpha value is -1.88. The lowest BCUT2D eigenvalue weighted by atomic mass is 9.97. The number of carbonyl (C=O) groups is 1. The van der Waals surface area contributed by atoms with E-state index < -0.39 is 18.0 Å². The molecule has 0 amide bonds. The number of aliphatic hydroxyl groups excluding tert-OH is 1. The van der Waals surface area contributed by atoms with E-state index in [-0.39, 0.29) is 18.4 Å². The summed E-state index contributed by atoms with van der Waals surface area (Å²) in [6.07, 6.45) is 0.623. The van der Waals surface area contributed by atoms with Crippen molar-refractivity contribution in [3.8, 4) is 0 Å². The maximum absolute atomic E-state index is 10.8. The van der Waals surface area contributed by atoms with Crippen LogP contribution in [0.25, 0.3) is 0 Å². The first kappa shape index (κ1) is 26.1. The van der Waals surface area contributed by atoms with Crippen LogP contribution < -0.4 is 5.32 Å². The van der Waals surface area contributed by atoms with E-state index in [2.05, 4.69) is 19.2 Å². The zero-order chi connectivity index (χ0) is 20.4. The van der Waals surface area contributed by atoms with Gasteiger partial charge in [0.1, 0.15) is 0 Å². The highest BCUT2D eigenvalue weighted by molar-refractivity contribution is 5.85. The van der Waals surface area contributed by atoms with Crippen LogP contribution in [0.1, 0.15) is 56.4 Å². The summed E-state index contributed by atoms with van der Waals surface area (Å²) in [5.41, 5.74) is 3.10. The third kappa shape index (κ3) is 8.87. The van der Waals surface area contributed by atoms with E-state index in [0.29, 0.717) is 5.92 Å². The number of likely N-dealkylation sites (N-methyl/N-ethyl adjacent to an activating group) is 1. The molecule has 0 aliphatic rings. The van der Waals surface area contributed by atoms with E-state index in [1.54, 1.807) is 6.92 Å². The molecule has 0 aromatic heterocycles. The van der Waals surface area contributed by atoms with E-state index >= 15 is 0 Å². The highest BCUT2D eigenvalue weighted by Gasteiger charge is 2.13. The Bertz CT molecular complexity index is 674. The van der Waals surface area contributed by atoms with Crippen LogP contribution in [0.15, 0.2) is 54.6 Å². The van der Waals surface area contributed by atoms with Gasteiger partial charge in [0.15, 0.2) is 0 Å². The predicted molar refractivity (Wildman–Crippen MR) is 118 cm³/mol. The Morgan fingerprint density at radius 1 is 0.929 bits per heavy atom. The second-order valence-electron chi connectivity index (χ2n) is 7.33. The number of nitrogens with one attached hydrogen (secondary N) is 1. The van der Waals surface area contributed by atoms with Crippen LogP contribution in [0.5, 0.6) is 0 Å². The van der Waals surface area contributed by atoms with E-state index in [0.717, 1.165) is 17.5 Å². The molecule has 3 N–H and O–H groups in total. The Kier molecular flexibility index (Phi) is 12.4. The molecule has 2 rings (SSSR count). The van der Waals surface area contributed by atoms with Gasteiger partial charge in [0.25, 0.3) is 0 Å². The van der Waals surface area contributed by atoms with Crippen LogP contribution in [-0.2, 0) is 11.2 Å². The van der Waals surface area contributed by atoms with Gasteiger partial charge in [-0.1, -0.05) is 68.4 Å². The molecule has 0 heterocycles. The first-order chi connectivity index (χ1) is 12.8. The SMILES string of the molecule is CC(C)Cc1ccc(C(C)C(=O)O)cc1.CNC(C)C(O)c1ccccc1.Cl. The number of aliphatic carboxylic acids is 1. The van der Waals surface area contributed by atoms with Crippen molar-refractivity contribution in [2.24, 2.45) is 5.92 Å². The molecule has 0 fully saturated rings. The van der Waals surface area contributed by atoms with Crippen LogP contribution in [0.4, 0.5) is 0 Å². The first-order valence-corrected chi connectivity index (χ1v) is 9.48. The number of carboxylic acids is 1. The van der Waals surface area contributed by atoms with Crippen molar-refractivity contribution in [1.29, 1.82) is 0 Å². The van der Waals surface area contributed by atoms with Crippen molar-refractivity contribution in [2.45, 2.75) is 52.2 Å². The molecule has 0 radical (unpaired) electrons. The van der Waals surface area contributed by atoms with Gasteiger partial charge in [-0.3, -0.25) is 4.79 Å². The minimum absolute atomic E-state index is 0. The normalized spacial score (nSPS) is 13.5. The third-order valence-corrected chi connectivity index (χ3v) is 4.56.